The van der Waals surface area contributed by atoms with Crippen LogP contribution in [0.1, 0.15) is 44.6 Å². The van der Waals surface area contributed by atoms with Crippen molar-refractivity contribution in [2.45, 2.75) is 56.4 Å². The van der Waals surface area contributed by atoms with Gasteiger partial charge in [-0.2, -0.15) is 13.2 Å². The Labute approximate surface area is 128 Å². The molecule has 118 valence electrons. The SMILES string of the molecule is CCCC[C@@]1(C2CC2)O[C@]1(C#Cc1ccccc1)C(F)(F)F. The first kappa shape index (κ1) is 15.4. The fourth-order valence-electron chi connectivity index (χ4n) is 3.22. The third kappa shape index (κ3) is 2.42. The van der Waals surface area contributed by atoms with Gasteiger partial charge in [0.1, 0.15) is 5.60 Å². The normalized spacial score (nSPS) is 30.5. The van der Waals surface area contributed by atoms with Gasteiger partial charge in [-0.15, -0.1) is 0 Å². The zero-order valence-electron chi connectivity index (χ0n) is 12.5. The van der Waals surface area contributed by atoms with E-state index in [4.69, 9.17) is 4.74 Å². The Morgan fingerprint density at radius 3 is 2.45 bits per heavy atom. The van der Waals surface area contributed by atoms with Gasteiger partial charge in [-0.25, -0.2) is 0 Å². The van der Waals surface area contributed by atoms with Gasteiger partial charge in [-0.05, 0) is 43.2 Å². The van der Waals surface area contributed by atoms with Gasteiger partial charge in [0.25, 0.3) is 5.60 Å². The van der Waals surface area contributed by atoms with E-state index < -0.39 is 17.4 Å². The van der Waals surface area contributed by atoms with Crippen LogP contribution in [0.2, 0.25) is 0 Å². The highest BCUT2D eigenvalue weighted by Crippen LogP contribution is 2.68. The van der Waals surface area contributed by atoms with Crippen LogP contribution in [0.25, 0.3) is 0 Å². The van der Waals surface area contributed by atoms with Crippen molar-refractivity contribution in [3.63, 3.8) is 0 Å². The molecule has 1 saturated heterocycles. The van der Waals surface area contributed by atoms with E-state index in [2.05, 4.69) is 11.8 Å². The van der Waals surface area contributed by atoms with E-state index in [9.17, 15) is 13.2 Å². The van der Waals surface area contributed by atoms with Crippen molar-refractivity contribution in [3.05, 3.63) is 35.9 Å². The number of ether oxygens (including phenoxy) is 1. The van der Waals surface area contributed by atoms with Gasteiger partial charge in [-0.1, -0.05) is 43.9 Å². The van der Waals surface area contributed by atoms with Crippen molar-refractivity contribution in [1.82, 2.24) is 0 Å². The van der Waals surface area contributed by atoms with Crippen LogP contribution >= 0.6 is 0 Å². The zero-order valence-corrected chi connectivity index (χ0v) is 12.5. The Morgan fingerprint density at radius 1 is 1.23 bits per heavy atom. The topological polar surface area (TPSA) is 12.5 Å². The minimum Gasteiger partial charge on any atom is -0.340 e. The predicted octanol–water partition coefficient (Wildman–Crippen LogP) is 4.71. The molecule has 0 spiro atoms. The highest BCUT2D eigenvalue weighted by Gasteiger charge is 2.85. The highest BCUT2D eigenvalue weighted by molar-refractivity contribution is 5.44. The number of hydrogen-bond donors (Lipinski definition) is 0. The number of hydrogen-bond acceptors (Lipinski definition) is 1. The molecule has 2 atom stereocenters. The Hall–Kier alpha value is -1.47. The fourth-order valence-corrected chi connectivity index (χ4v) is 3.22. The van der Waals surface area contributed by atoms with Gasteiger partial charge in [0.2, 0.25) is 0 Å². The minimum absolute atomic E-state index is 0.00532. The van der Waals surface area contributed by atoms with Crippen LogP contribution < -0.4 is 0 Å². The van der Waals surface area contributed by atoms with Crippen LogP contribution in [0.3, 0.4) is 0 Å². The second-order valence-corrected chi connectivity index (χ2v) is 6.16. The maximum absolute atomic E-state index is 13.7. The molecule has 1 aliphatic carbocycles. The summed E-state index contributed by atoms with van der Waals surface area (Å²) >= 11 is 0. The van der Waals surface area contributed by atoms with E-state index in [0.29, 0.717) is 12.0 Å². The van der Waals surface area contributed by atoms with Gasteiger partial charge in [0.15, 0.2) is 0 Å². The molecule has 0 amide bonds. The molecular weight excluding hydrogens is 289 g/mol. The van der Waals surface area contributed by atoms with Crippen molar-refractivity contribution in [2.24, 2.45) is 5.92 Å². The van der Waals surface area contributed by atoms with Gasteiger partial charge in [0, 0.05) is 5.56 Å². The summed E-state index contributed by atoms with van der Waals surface area (Å²) in [5.74, 6) is 5.13. The van der Waals surface area contributed by atoms with Crippen molar-refractivity contribution in [1.29, 1.82) is 0 Å². The van der Waals surface area contributed by atoms with Crippen LogP contribution in [0.15, 0.2) is 30.3 Å². The molecule has 4 heteroatoms. The van der Waals surface area contributed by atoms with Crippen molar-refractivity contribution >= 4 is 0 Å². The number of benzene rings is 1. The summed E-state index contributed by atoms with van der Waals surface area (Å²) in [6, 6.07) is 8.77. The number of unbranched alkanes of at least 4 members (excludes halogenated alkanes) is 1. The maximum atomic E-state index is 13.7. The molecule has 1 aromatic rings. The maximum Gasteiger partial charge on any atom is 0.431 e. The predicted molar refractivity (Wildman–Crippen MR) is 78.2 cm³/mol. The third-order valence-electron chi connectivity index (χ3n) is 4.58. The van der Waals surface area contributed by atoms with Crippen molar-refractivity contribution in [2.75, 3.05) is 0 Å². The van der Waals surface area contributed by atoms with E-state index in [1.54, 1.807) is 24.3 Å². The lowest BCUT2D eigenvalue weighted by Crippen LogP contribution is -2.40. The molecule has 2 fully saturated rings. The first-order valence-corrected chi connectivity index (χ1v) is 7.80. The summed E-state index contributed by atoms with van der Waals surface area (Å²) in [4.78, 5) is 0. The smallest absolute Gasteiger partial charge is 0.340 e. The fraction of sp³-hybridized carbons (Fsp3) is 0.556. The van der Waals surface area contributed by atoms with Crippen molar-refractivity contribution < 1.29 is 17.9 Å². The molecule has 0 unspecified atom stereocenters. The average Bonchev–Trinajstić information content (AvgIpc) is 3.36. The van der Waals surface area contributed by atoms with Crippen molar-refractivity contribution in [3.8, 4) is 11.8 Å². The van der Waals surface area contributed by atoms with E-state index in [1.807, 2.05) is 13.0 Å². The molecule has 22 heavy (non-hydrogen) atoms. The largest absolute Gasteiger partial charge is 0.431 e. The second-order valence-electron chi connectivity index (χ2n) is 6.16. The average molecular weight is 308 g/mol. The molecule has 0 aromatic heterocycles. The molecule has 2 aliphatic rings. The van der Waals surface area contributed by atoms with Crippen LogP contribution in [0.5, 0.6) is 0 Å². The molecule has 0 N–H and O–H groups in total. The lowest BCUT2D eigenvalue weighted by atomic mass is 9.83. The lowest BCUT2D eigenvalue weighted by molar-refractivity contribution is -0.168. The first-order chi connectivity index (χ1) is 10.5. The lowest BCUT2D eigenvalue weighted by Gasteiger charge is -2.18. The Bertz CT molecular complexity index is 594. The van der Waals surface area contributed by atoms with E-state index in [0.717, 1.165) is 25.7 Å². The van der Waals surface area contributed by atoms with Gasteiger partial charge < -0.3 is 4.74 Å². The minimum atomic E-state index is -4.45. The Morgan fingerprint density at radius 2 is 1.91 bits per heavy atom. The molecule has 1 aromatic carbocycles. The summed E-state index contributed by atoms with van der Waals surface area (Å²) in [6.07, 6.45) is -0.787. The van der Waals surface area contributed by atoms with Crippen LogP contribution in [-0.4, -0.2) is 17.4 Å². The highest BCUT2D eigenvalue weighted by atomic mass is 19.4. The zero-order chi connectivity index (χ0) is 15.8. The van der Waals surface area contributed by atoms with E-state index in [1.165, 1.54) is 0 Å². The van der Waals surface area contributed by atoms with Gasteiger partial charge >= 0.3 is 6.18 Å². The summed E-state index contributed by atoms with van der Waals surface area (Å²) in [7, 11) is 0. The number of rotatable bonds is 4. The molecule has 1 saturated carbocycles. The molecule has 1 nitrogen and oxygen atoms in total. The molecule has 1 heterocycles. The second kappa shape index (κ2) is 5.31. The van der Waals surface area contributed by atoms with Gasteiger partial charge in [-0.3, -0.25) is 0 Å². The molecule has 1 aliphatic heterocycles. The van der Waals surface area contributed by atoms with Gasteiger partial charge in [0.05, 0.1) is 0 Å². The quantitative estimate of drug-likeness (QED) is 0.580. The standard InChI is InChI=1S/C18H19F3O/c1-2-3-12-16(15-9-10-15)17(22-16,18(19,20)21)13-11-14-7-5-4-6-8-14/h4-8,15H,2-3,9-10,12H2,1H3/t16-,17-/m0/s1. The Kier molecular flexibility index (Phi) is 3.72. The number of halogens is 3. The number of epoxide rings is 1. The summed E-state index contributed by atoms with van der Waals surface area (Å²) in [6.45, 7) is 1.98. The summed E-state index contributed by atoms with van der Waals surface area (Å²) in [5, 5.41) is 0. The molecule has 0 radical (unpaired) electrons. The van der Waals surface area contributed by atoms with E-state index in [-0.39, 0.29) is 5.92 Å². The summed E-state index contributed by atoms with van der Waals surface area (Å²) in [5.41, 5.74) is -2.79. The molecule has 0 bridgehead atoms. The Balaban J connectivity index is 1.93. The molecular formula is C18H19F3O. The van der Waals surface area contributed by atoms with Crippen LogP contribution in [-0.2, 0) is 4.74 Å². The summed E-state index contributed by atoms with van der Waals surface area (Å²) < 4.78 is 46.5. The van der Waals surface area contributed by atoms with Crippen LogP contribution in [0.4, 0.5) is 13.2 Å². The first-order valence-electron chi connectivity index (χ1n) is 7.80. The van der Waals surface area contributed by atoms with E-state index >= 15 is 0 Å². The monoisotopic (exact) mass is 308 g/mol. The number of alkyl halides is 3. The third-order valence-corrected chi connectivity index (χ3v) is 4.58. The molecule has 3 rings (SSSR count). The van der Waals surface area contributed by atoms with Crippen LogP contribution in [0, 0.1) is 17.8 Å².